The van der Waals surface area contributed by atoms with Crippen molar-refractivity contribution in [1.82, 2.24) is 25.1 Å². The van der Waals surface area contributed by atoms with Gasteiger partial charge < -0.3 is 10.3 Å². The minimum atomic E-state index is -0.580. The number of rotatable bonds is 4. The van der Waals surface area contributed by atoms with E-state index in [4.69, 9.17) is 0 Å². The van der Waals surface area contributed by atoms with Gasteiger partial charge in [0.1, 0.15) is 6.54 Å². The van der Waals surface area contributed by atoms with Crippen LogP contribution in [-0.4, -0.2) is 25.7 Å². The molecule has 0 saturated carbocycles. The maximum Gasteiger partial charge on any atom is 0.325 e. The van der Waals surface area contributed by atoms with Gasteiger partial charge in [-0.3, -0.25) is 19.3 Å². The Hall–Kier alpha value is -3.16. The molecule has 3 aromatic rings. The Morgan fingerprint density at radius 3 is 2.86 bits per heavy atom. The molecule has 0 aliphatic heterocycles. The first-order valence-corrected chi connectivity index (χ1v) is 6.61. The molecular weight excluding hydrogens is 286 g/mol. The van der Waals surface area contributed by atoms with E-state index in [9.17, 15) is 14.4 Å². The maximum absolute atomic E-state index is 11.9. The summed E-state index contributed by atoms with van der Waals surface area (Å²) in [6.45, 7) is 0.0850. The number of benzene rings is 1. The van der Waals surface area contributed by atoms with Gasteiger partial charge in [-0.25, -0.2) is 4.79 Å². The molecule has 8 nitrogen and oxygen atoms in total. The molecule has 0 bridgehead atoms. The molecule has 0 spiro atoms. The summed E-state index contributed by atoms with van der Waals surface area (Å²) in [4.78, 5) is 38.7. The highest BCUT2D eigenvalue weighted by atomic mass is 16.2. The summed E-state index contributed by atoms with van der Waals surface area (Å²) < 4.78 is 1.54. The Bertz CT molecular complexity index is 904. The minimum Gasteiger partial charge on any atom is -0.350 e. The lowest BCUT2D eigenvalue weighted by molar-refractivity contribution is -0.122. The van der Waals surface area contributed by atoms with E-state index >= 15 is 0 Å². The topological polar surface area (TPSA) is 113 Å². The van der Waals surface area contributed by atoms with Crippen LogP contribution in [0.2, 0.25) is 0 Å². The largest absolute Gasteiger partial charge is 0.350 e. The zero-order valence-corrected chi connectivity index (χ0v) is 11.5. The van der Waals surface area contributed by atoms with Crippen molar-refractivity contribution in [3.63, 3.8) is 0 Å². The summed E-state index contributed by atoms with van der Waals surface area (Å²) in [6.07, 6.45) is 3.06. The second-order valence-corrected chi connectivity index (χ2v) is 4.76. The molecule has 0 radical (unpaired) electrons. The lowest BCUT2D eigenvalue weighted by Crippen LogP contribution is -2.32. The van der Waals surface area contributed by atoms with E-state index in [1.165, 1.54) is 10.9 Å². The van der Waals surface area contributed by atoms with Crippen LogP contribution in [0.15, 0.2) is 46.2 Å². The fourth-order valence-electron chi connectivity index (χ4n) is 2.06. The molecule has 1 aromatic carbocycles. The van der Waals surface area contributed by atoms with Crippen molar-refractivity contribution in [2.24, 2.45) is 0 Å². The Labute approximate surface area is 123 Å². The molecule has 3 N–H and O–H groups in total. The van der Waals surface area contributed by atoms with E-state index in [1.807, 2.05) is 24.3 Å². The number of aromatic amines is 2. The lowest BCUT2D eigenvalue weighted by Gasteiger charge is -2.04. The lowest BCUT2D eigenvalue weighted by atomic mass is 10.3. The summed E-state index contributed by atoms with van der Waals surface area (Å²) in [5.41, 5.74) is -0.0110. The monoisotopic (exact) mass is 299 g/mol. The molecule has 0 fully saturated rings. The van der Waals surface area contributed by atoms with Crippen molar-refractivity contribution in [3.05, 3.63) is 63.1 Å². The zero-order chi connectivity index (χ0) is 15.5. The predicted octanol–water partition coefficient (Wildman–Crippen LogP) is -0.271. The summed E-state index contributed by atoms with van der Waals surface area (Å²) in [5, 5.41) is 7.84. The minimum absolute atomic E-state index is 0.0335. The normalized spacial score (nSPS) is 10.7. The number of carbonyl (C=O) groups excluding carboxylic acids is 1. The first kappa shape index (κ1) is 13.8. The van der Waals surface area contributed by atoms with Crippen molar-refractivity contribution in [3.8, 4) is 0 Å². The molecule has 0 aliphatic carbocycles. The van der Waals surface area contributed by atoms with Crippen molar-refractivity contribution in [1.29, 1.82) is 0 Å². The number of hydrogen-bond acceptors (Lipinski definition) is 4. The number of hydrogen-bond donors (Lipinski definition) is 3. The van der Waals surface area contributed by atoms with Crippen LogP contribution in [0, 0.1) is 0 Å². The van der Waals surface area contributed by atoms with E-state index < -0.39 is 11.2 Å². The van der Waals surface area contributed by atoms with Crippen LogP contribution in [0.1, 0.15) is 5.56 Å². The molecule has 8 heteroatoms. The highest BCUT2D eigenvalue weighted by molar-refractivity contribution is 5.79. The number of fused-ring (bicyclic) bond motifs is 1. The third-order valence-corrected chi connectivity index (χ3v) is 3.14. The van der Waals surface area contributed by atoms with Crippen LogP contribution in [-0.2, 0) is 17.9 Å². The first-order chi connectivity index (χ1) is 10.6. The Balaban J connectivity index is 1.65. The van der Waals surface area contributed by atoms with Crippen LogP contribution in [0.25, 0.3) is 10.9 Å². The summed E-state index contributed by atoms with van der Waals surface area (Å²) in [6, 6.07) is 7.55. The number of amides is 1. The molecule has 0 aliphatic rings. The number of carbonyl (C=O) groups is 1. The van der Waals surface area contributed by atoms with E-state index in [-0.39, 0.29) is 24.6 Å². The molecule has 22 heavy (non-hydrogen) atoms. The highest BCUT2D eigenvalue weighted by Crippen LogP contribution is 2.10. The van der Waals surface area contributed by atoms with Gasteiger partial charge in [-0.2, -0.15) is 5.10 Å². The zero-order valence-electron chi connectivity index (χ0n) is 11.5. The Kier molecular flexibility index (Phi) is 3.57. The van der Waals surface area contributed by atoms with Crippen molar-refractivity contribution in [2.75, 3.05) is 0 Å². The van der Waals surface area contributed by atoms with Gasteiger partial charge in [0.2, 0.25) is 5.91 Å². The van der Waals surface area contributed by atoms with Gasteiger partial charge in [-0.15, -0.1) is 0 Å². The van der Waals surface area contributed by atoms with Crippen LogP contribution in [0.4, 0.5) is 0 Å². The van der Waals surface area contributed by atoms with Gasteiger partial charge in [0, 0.05) is 24.3 Å². The van der Waals surface area contributed by atoms with Gasteiger partial charge >= 0.3 is 5.69 Å². The van der Waals surface area contributed by atoms with Crippen molar-refractivity contribution < 1.29 is 4.79 Å². The third kappa shape index (κ3) is 2.95. The SMILES string of the molecule is O=C(Cn1cc2ccccc2n1)NCc1c[nH]c(=O)[nH]c1=O. The van der Waals surface area contributed by atoms with Gasteiger partial charge in [0.05, 0.1) is 11.1 Å². The molecule has 2 heterocycles. The quantitative estimate of drug-likeness (QED) is 0.615. The second-order valence-electron chi connectivity index (χ2n) is 4.76. The van der Waals surface area contributed by atoms with Gasteiger partial charge in [-0.1, -0.05) is 18.2 Å². The van der Waals surface area contributed by atoms with E-state index in [1.54, 1.807) is 6.20 Å². The third-order valence-electron chi connectivity index (χ3n) is 3.14. The molecule has 0 atom stereocenters. The first-order valence-electron chi connectivity index (χ1n) is 6.61. The summed E-state index contributed by atoms with van der Waals surface area (Å²) in [5.74, 6) is -0.279. The van der Waals surface area contributed by atoms with Crippen molar-refractivity contribution in [2.45, 2.75) is 13.1 Å². The second kappa shape index (κ2) is 5.68. The molecule has 3 rings (SSSR count). The number of nitrogens with zero attached hydrogens (tertiary/aromatic N) is 2. The van der Waals surface area contributed by atoms with E-state index in [2.05, 4.69) is 20.4 Å². The van der Waals surface area contributed by atoms with Crippen LogP contribution >= 0.6 is 0 Å². The molecule has 0 unspecified atom stereocenters. The molecule has 0 saturated heterocycles. The van der Waals surface area contributed by atoms with Gasteiger partial charge in [0.15, 0.2) is 0 Å². The Morgan fingerprint density at radius 1 is 1.27 bits per heavy atom. The van der Waals surface area contributed by atoms with Gasteiger partial charge in [-0.05, 0) is 6.07 Å². The fraction of sp³-hybridized carbons (Fsp3) is 0.143. The number of H-pyrrole nitrogens is 2. The molecule has 2 aromatic heterocycles. The highest BCUT2D eigenvalue weighted by Gasteiger charge is 2.07. The summed E-state index contributed by atoms with van der Waals surface area (Å²) >= 11 is 0. The summed E-state index contributed by atoms with van der Waals surface area (Å²) in [7, 11) is 0. The maximum atomic E-state index is 11.9. The van der Waals surface area contributed by atoms with E-state index in [0.29, 0.717) is 0 Å². The molecule has 112 valence electrons. The average Bonchev–Trinajstić information content (AvgIpc) is 2.88. The molecule has 1 amide bonds. The smallest absolute Gasteiger partial charge is 0.325 e. The predicted molar refractivity (Wildman–Crippen MR) is 79.3 cm³/mol. The van der Waals surface area contributed by atoms with E-state index in [0.717, 1.165) is 10.9 Å². The van der Waals surface area contributed by atoms with Crippen molar-refractivity contribution >= 4 is 16.8 Å². The number of aromatic nitrogens is 4. The van der Waals surface area contributed by atoms with Crippen LogP contribution in [0.5, 0.6) is 0 Å². The number of nitrogens with one attached hydrogen (secondary N) is 3. The van der Waals surface area contributed by atoms with Crippen LogP contribution in [0.3, 0.4) is 0 Å². The average molecular weight is 299 g/mol. The fourth-order valence-corrected chi connectivity index (χ4v) is 2.06. The van der Waals surface area contributed by atoms with Crippen LogP contribution < -0.4 is 16.6 Å². The standard InChI is InChI=1S/C14H13N5O3/c20-12(15-5-10-6-16-14(22)17-13(10)21)8-19-7-9-3-1-2-4-11(9)18-19/h1-4,6-7H,5,8H2,(H,15,20)(H2,16,17,21,22). The molecular formula is C14H13N5O3. The Morgan fingerprint density at radius 2 is 2.09 bits per heavy atom. The van der Waals surface area contributed by atoms with Gasteiger partial charge in [0.25, 0.3) is 5.56 Å².